The molecule has 0 saturated carbocycles. The number of anilines is 1. The number of nitrogens with one attached hydrogen (secondary N) is 1. The largest absolute Gasteiger partial charge is 0.452 e. The second-order valence-corrected chi connectivity index (χ2v) is 7.36. The van der Waals surface area contributed by atoms with Gasteiger partial charge in [0.2, 0.25) is 10.0 Å². The van der Waals surface area contributed by atoms with Gasteiger partial charge in [0.05, 0.1) is 16.5 Å². The predicted molar refractivity (Wildman–Crippen MR) is 92.3 cm³/mol. The Labute approximate surface area is 149 Å². The molecule has 0 bridgehead atoms. The Morgan fingerprint density at radius 1 is 1.16 bits per heavy atom. The average molecular weight is 388 g/mol. The highest BCUT2D eigenvalue weighted by molar-refractivity contribution is 7.92. The van der Waals surface area contributed by atoms with Crippen molar-refractivity contribution < 1.29 is 27.1 Å². The number of halogens is 2. The summed E-state index contributed by atoms with van der Waals surface area (Å²) in [7, 11) is -3.44. The van der Waals surface area contributed by atoms with Crippen molar-refractivity contribution in [2.45, 2.75) is 13.8 Å². The van der Waals surface area contributed by atoms with Gasteiger partial charge in [0, 0.05) is 13.0 Å². The van der Waals surface area contributed by atoms with Crippen LogP contribution in [0, 0.1) is 5.82 Å². The Balaban J connectivity index is 2.29. The van der Waals surface area contributed by atoms with Crippen molar-refractivity contribution in [2.75, 3.05) is 10.5 Å². The zero-order valence-electron chi connectivity index (χ0n) is 13.4. The van der Waals surface area contributed by atoms with Crippen LogP contribution in [0.2, 0.25) is 5.02 Å². The Morgan fingerprint density at radius 2 is 1.84 bits per heavy atom. The topological polar surface area (TPSA) is 81.7 Å². The quantitative estimate of drug-likeness (QED) is 0.599. The van der Waals surface area contributed by atoms with Gasteiger partial charge in [-0.15, -0.1) is 0 Å². The molecule has 0 aromatic heterocycles. The van der Waals surface area contributed by atoms with Gasteiger partial charge in [-0.25, -0.2) is 12.8 Å². The molecule has 0 atom stereocenters. The summed E-state index contributed by atoms with van der Waals surface area (Å²) >= 11 is 6.09. The lowest BCUT2D eigenvalue weighted by molar-refractivity contribution is -0.132. The maximum absolute atomic E-state index is 13.4. The first kappa shape index (κ1) is 19.0. The van der Waals surface area contributed by atoms with Crippen molar-refractivity contribution in [3.63, 3.8) is 0 Å². The van der Waals surface area contributed by atoms with E-state index in [1.165, 1.54) is 38.1 Å². The molecule has 25 heavy (non-hydrogen) atoms. The van der Waals surface area contributed by atoms with Gasteiger partial charge in [0.15, 0.2) is 11.5 Å². The van der Waals surface area contributed by atoms with Crippen molar-refractivity contribution in [2.24, 2.45) is 0 Å². The van der Waals surface area contributed by atoms with Crippen LogP contribution >= 0.6 is 11.6 Å². The number of esters is 1. The van der Waals surface area contributed by atoms with Gasteiger partial charge in [-0.05, 0) is 37.3 Å². The predicted octanol–water partition coefficient (Wildman–Crippen LogP) is 3.96. The molecule has 0 aliphatic heterocycles. The highest BCUT2D eigenvalue weighted by atomic mass is 35.5. The van der Waals surface area contributed by atoms with Crippen LogP contribution in [0.15, 0.2) is 36.4 Å². The molecular formula is C16H15ClFNO5S. The van der Waals surface area contributed by atoms with E-state index in [-0.39, 0.29) is 33.7 Å². The standard InChI is InChI=1S/C16H15ClFNO5S/c1-3-25(21,22)19-12-5-7-14(13(17)9-12)24-16-8-11(18)4-6-15(16)23-10(2)20/h4-9,19H,3H2,1-2H3. The van der Waals surface area contributed by atoms with E-state index in [9.17, 15) is 17.6 Å². The number of hydrogen-bond donors (Lipinski definition) is 1. The molecule has 0 heterocycles. The first-order valence-electron chi connectivity index (χ1n) is 7.16. The van der Waals surface area contributed by atoms with Gasteiger partial charge in [0.1, 0.15) is 11.6 Å². The molecule has 1 N–H and O–H groups in total. The fourth-order valence-corrected chi connectivity index (χ4v) is 2.67. The minimum Gasteiger partial charge on any atom is -0.452 e. The second kappa shape index (κ2) is 7.71. The van der Waals surface area contributed by atoms with E-state index in [0.717, 1.165) is 12.1 Å². The lowest BCUT2D eigenvalue weighted by Gasteiger charge is -2.13. The third-order valence-corrected chi connectivity index (χ3v) is 4.57. The molecule has 2 aromatic rings. The summed E-state index contributed by atoms with van der Waals surface area (Å²) in [4.78, 5) is 11.1. The van der Waals surface area contributed by atoms with E-state index in [1.807, 2.05) is 0 Å². The van der Waals surface area contributed by atoms with Gasteiger partial charge < -0.3 is 9.47 Å². The van der Waals surface area contributed by atoms with Gasteiger partial charge in [-0.1, -0.05) is 11.6 Å². The molecule has 9 heteroatoms. The zero-order valence-corrected chi connectivity index (χ0v) is 14.9. The van der Waals surface area contributed by atoms with Crippen molar-refractivity contribution in [1.29, 1.82) is 0 Å². The fourth-order valence-electron chi connectivity index (χ4n) is 1.82. The first-order chi connectivity index (χ1) is 11.7. The third-order valence-electron chi connectivity index (χ3n) is 2.96. The Bertz CT molecular complexity index is 901. The fraction of sp³-hybridized carbons (Fsp3) is 0.188. The summed E-state index contributed by atoms with van der Waals surface area (Å²) in [5.41, 5.74) is 0.263. The molecule has 0 saturated heterocycles. The van der Waals surface area contributed by atoms with E-state index in [4.69, 9.17) is 21.1 Å². The second-order valence-electron chi connectivity index (χ2n) is 4.94. The summed E-state index contributed by atoms with van der Waals surface area (Å²) in [6.45, 7) is 2.71. The Hall–Kier alpha value is -2.32. The van der Waals surface area contributed by atoms with Crippen molar-refractivity contribution >= 4 is 33.3 Å². The van der Waals surface area contributed by atoms with Crippen LogP contribution < -0.4 is 14.2 Å². The summed E-state index contributed by atoms with van der Waals surface area (Å²) in [6, 6.07) is 7.63. The molecular weight excluding hydrogens is 373 g/mol. The maximum Gasteiger partial charge on any atom is 0.308 e. The van der Waals surface area contributed by atoms with Crippen molar-refractivity contribution in [3.05, 3.63) is 47.2 Å². The summed E-state index contributed by atoms with van der Waals surface area (Å²) < 4.78 is 49.4. The minimum atomic E-state index is -3.44. The number of rotatable bonds is 6. The normalized spacial score (nSPS) is 11.0. The zero-order chi connectivity index (χ0) is 18.6. The van der Waals surface area contributed by atoms with Crippen LogP contribution in [0.4, 0.5) is 10.1 Å². The smallest absolute Gasteiger partial charge is 0.308 e. The molecule has 0 fully saturated rings. The van der Waals surface area contributed by atoms with Crippen LogP contribution in [0.1, 0.15) is 13.8 Å². The lowest BCUT2D eigenvalue weighted by Crippen LogP contribution is -2.14. The summed E-state index contributed by atoms with van der Waals surface area (Å²) in [5.74, 6) is -1.14. The number of benzene rings is 2. The van der Waals surface area contributed by atoms with E-state index < -0.39 is 21.8 Å². The van der Waals surface area contributed by atoms with E-state index in [1.54, 1.807) is 0 Å². The SMILES string of the molecule is CCS(=O)(=O)Nc1ccc(Oc2cc(F)ccc2OC(C)=O)c(Cl)c1. The number of sulfonamides is 1. The first-order valence-corrected chi connectivity index (χ1v) is 9.19. The van der Waals surface area contributed by atoms with E-state index in [2.05, 4.69) is 4.72 Å². The monoisotopic (exact) mass is 387 g/mol. The summed E-state index contributed by atoms with van der Waals surface area (Å²) in [6.07, 6.45) is 0. The number of hydrogen-bond acceptors (Lipinski definition) is 5. The van der Waals surface area contributed by atoms with Crippen molar-refractivity contribution in [1.82, 2.24) is 0 Å². The molecule has 0 radical (unpaired) electrons. The van der Waals surface area contributed by atoms with Crippen LogP contribution in [0.3, 0.4) is 0 Å². The maximum atomic E-state index is 13.4. The van der Waals surface area contributed by atoms with E-state index >= 15 is 0 Å². The number of carbonyl (C=O) groups excluding carboxylic acids is 1. The Morgan fingerprint density at radius 3 is 2.44 bits per heavy atom. The van der Waals surface area contributed by atoms with Crippen LogP contribution in [-0.4, -0.2) is 20.1 Å². The molecule has 0 unspecified atom stereocenters. The van der Waals surface area contributed by atoms with E-state index in [0.29, 0.717) is 0 Å². The molecule has 0 aliphatic carbocycles. The van der Waals surface area contributed by atoms with Gasteiger partial charge in [-0.3, -0.25) is 9.52 Å². The Kier molecular flexibility index (Phi) is 5.86. The summed E-state index contributed by atoms with van der Waals surface area (Å²) in [5, 5.41) is 0.0920. The van der Waals surface area contributed by atoms with Crippen LogP contribution in [-0.2, 0) is 14.8 Å². The average Bonchev–Trinajstić information content (AvgIpc) is 2.52. The number of carbonyl (C=O) groups is 1. The minimum absolute atomic E-state index is 0.0285. The molecule has 2 rings (SSSR count). The van der Waals surface area contributed by atoms with Gasteiger partial charge >= 0.3 is 5.97 Å². The molecule has 0 spiro atoms. The van der Waals surface area contributed by atoms with Crippen molar-refractivity contribution in [3.8, 4) is 17.2 Å². The highest BCUT2D eigenvalue weighted by Gasteiger charge is 2.14. The molecule has 2 aromatic carbocycles. The van der Waals surface area contributed by atoms with Crippen LogP contribution in [0.25, 0.3) is 0 Å². The number of ether oxygens (including phenoxy) is 2. The van der Waals surface area contributed by atoms with Gasteiger partial charge in [0.25, 0.3) is 0 Å². The molecule has 134 valence electrons. The highest BCUT2D eigenvalue weighted by Crippen LogP contribution is 2.37. The lowest BCUT2D eigenvalue weighted by atomic mass is 10.3. The molecule has 0 amide bonds. The van der Waals surface area contributed by atoms with Crippen LogP contribution in [0.5, 0.6) is 17.2 Å². The van der Waals surface area contributed by atoms with Gasteiger partial charge in [-0.2, -0.15) is 0 Å². The molecule has 0 aliphatic rings. The molecule has 6 nitrogen and oxygen atoms in total. The third kappa shape index (κ3) is 5.33.